The van der Waals surface area contributed by atoms with Crippen molar-refractivity contribution in [3.8, 4) is 0 Å². The molecule has 3 nitrogen and oxygen atoms in total. The molecule has 0 aliphatic carbocycles. The van der Waals surface area contributed by atoms with Crippen LogP contribution in [0, 0.1) is 11.7 Å². The van der Waals surface area contributed by atoms with Gasteiger partial charge in [0.05, 0.1) is 6.42 Å². The van der Waals surface area contributed by atoms with Gasteiger partial charge in [-0.3, -0.25) is 4.79 Å². The van der Waals surface area contributed by atoms with Gasteiger partial charge in [0.1, 0.15) is 5.82 Å². The van der Waals surface area contributed by atoms with Crippen LogP contribution in [-0.2, 0) is 11.2 Å². The summed E-state index contributed by atoms with van der Waals surface area (Å²) in [5, 5.41) is 0. The smallest absolute Gasteiger partial charge is 0.227 e. The number of likely N-dealkylation sites (tertiary alicyclic amines) is 1. The number of benzene rings is 1. The molecule has 0 saturated carbocycles. The second-order valence-corrected chi connectivity index (χ2v) is 6.08. The number of hydrogen-bond acceptors (Lipinski definition) is 2. The molecule has 1 aromatic rings. The van der Waals surface area contributed by atoms with Gasteiger partial charge in [-0.2, -0.15) is 0 Å². The van der Waals surface area contributed by atoms with E-state index in [-0.39, 0.29) is 18.1 Å². The lowest BCUT2D eigenvalue weighted by Gasteiger charge is -2.34. The van der Waals surface area contributed by atoms with Crippen molar-refractivity contribution in [2.24, 2.45) is 5.92 Å². The fourth-order valence-electron chi connectivity index (χ4n) is 3.13. The van der Waals surface area contributed by atoms with E-state index >= 15 is 0 Å². The summed E-state index contributed by atoms with van der Waals surface area (Å²) in [6.45, 7) is 9.29. The van der Waals surface area contributed by atoms with E-state index in [1.165, 1.54) is 6.07 Å². The molecule has 1 amide bonds. The van der Waals surface area contributed by atoms with E-state index < -0.39 is 0 Å². The highest BCUT2D eigenvalue weighted by molar-refractivity contribution is 5.78. The van der Waals surface area contributed by atoms with E-state index in [4.69, 9.17) is 0 Å². The molecular weight excluding hydrogens is 279 g/mol. The van der Waals surface area contributed by atoms with Crippen LogP contribution in [0.3, 0.4) is 0 Å². The minimum Gasteiger partial charge on any atom is -0.342 e. The Kier molecular flexibility index (Phi) is 6.37. The summed E-state index contributed by atoms with van der Waals surface area (Å²) < 4.78 is 13.6. The average Bonchev–Trinajstić information content (AvgIpc) is 2.55. The standard InChI is InChI=1S/C18H27FN2O/c1-3-20(4-2)14-15-9-11-21(12-10-15)18(22)13-16-7-5-6-8-17(16)19/h5-8,15H,3-4,9-14H2,1-2H3. The minimum absolute atomic E-state index is 0.0476. The maximum absolute atomic E-state index is 13.6. The van der Waals surface area contributed by atoms with Gasteiger partial charge in [-0.05, 0) is 43.5 Å². The number of carbonyl (C=O) groups excluding carboxylic acids is 1. The Labute approximate surface area is 133 Å². The van der Waals surface area contributed by atoms with E-state index in [0.717, 1.165) is 45.6 Å². The Morgan fingerprint density at radius 3 is 2.45 bits per heavy atom. The van der Waals surface area contributed by atoms with Gasteiger partial charge in [-0.25, -0.2) is 4.39 Å². The molecule has 1 heterocycles. The predicted octanol–water partition coefficient (Wildman–Crippen LogP) is 2.95. The van der Waals surface area contributed by atoms with Gasteiger partial charge in [-0.1, -0.05) is 32.0 Å². The topological polar surface area (TPSA) is 23.6 Å². The number of halogens is 1. The molecule has 0 N–H and O–H groups in total. The van der Waals surface area contributed by atoms with Gasteiger partial charge in [0.25, 0.3) is 0 Å². The van der Waals surface area contributed by atoms with Crippen molar-refractivity contribution in [3.63, 3.8) is 0 Å². The largest absolute Gasteiger partial charge is 0.342 e. The summed E-state index contributed by atoms with van der Waals surface area (Å²) >= 11 is 0. The summed E-state index contributed by atoms with van der Waals surface area (Å²) in [7, 11) is 0. The van der Waals surface area contributed by atoms with Crippen molar-refractivity contribution in [2.45, 2.75) is 33.1 Å². The van der Waals surface area contributed by atoms with Crippen molar-refractivity contribution in [3.05, 3.63) is 35.6 Å². The van der Waals surface area contributed by atoms with Gasteiger partial charge >= 0.3 is 0 Å². The molecule has 22 heavy (non-hydrogen) atoms. The van der Waals surface area contributed by atoms with E-state index in [1.54, 1.807) is 18.2 Å². The molecular formula is C18H27FN2O. The van der Waals surface area contributed by atoms with Crippen LogP contribution in [0.4, 0.5) is 4.39 Å². The molecule has 1 saturated heterocycles. The van der Waals surface area contributed by atoms with Crippen LogP contribution in [0.2, 0.25) is 0 Å². The number of rotatable bonds is 6. The molecule has 1 fully saturated rings. The fourth-order valence-corrected chi connectivity index (χ4v) is 3.13. The van der Waals surface area contributed by atoms with Gasteiger partial charge in [0.2, 0.25) is 5.91 Å². The average molecular weight is 306 g/mol. The lowest BCUT2D eigenvalue weighted by Crippen LogP contribution is -2.42. The quantitative estimate of drug-likeness (QED) is 0.807. The third kappa shape index (κ3) is 4.54. The molecule has 0 unspecified atom stereocenters. The molecule has 1 aliphatic rings. The first-order chi connectivity index (χ1) is 10.6. The zero-order chi connectivity index (χ0) is 15.9. The van der Waals surface area contributed by atoms with Crippen molar-refractivity contribution >= 4 is 5.91 Å². The molecule has 0 bridgehead atoms. The zero-order valence-electron chi connectivity index (χ0n) is 13.7. The molecule has 122 valence electrons. The van der Waals surface area contributed by atoms with E-state index in [1.807, 2.05) is 4.90 Å². The van der Waals surface area contributed by atoms with E-state index in [2.05, 4.69) is 18.7 Å². The summed E-state index contributed by atoms with van der Waals surface area (Å²) in [6, 6.07) is 6.54. The van der Waals surface area contributed by atoms with Gasteiger partial charge in [0, 0.05) is 19.6 Å². The number of amides is 1. The highest BCUT2D eigenvalue weighted by Gasteiger charge is 2.24. The van der Waals surface area contributed by atoms with Crippen molar-refractivity contribution in [2.75, 3.05) is 32.7 Å². The van der Waals surface area contributed by atoms with Crippen molar-refractivity contribution in [1.29, 1.82) is 0 Å². The number of carbonyl (C=O) groups is 1. The first kappa shape index (κ1) is 16.9. The Hall–Kier alpha value is -1.42. The molecule has 1 aliphatic heterocycles. The third-order valence-electron chi connectivity index (χ3n) is 4.68. The number of piperidine rings is 1. The summed E-state index contributed by atoms with van der Waals surface area (Å²) in [5.41, 5.74) is 0.498. The van der Waals surface area contributed by atoms with Crippen LogP contribution in [0.5, 0.6) is 0 Å². The molecule has 0 radical (unpaired) electrons. The second kappa shape index (κ2) is 8.28. The Balaban J connectivity index is 1.81. The van der Waals surface area contributed by atoms with E-state index in [0.29, 0.717) is 11.5 Å². The first-order valence-corrected chi connectivity index (χ1v) is 8.37. The molecule has 0 atom stereocenters. The molecule has 0 spiro atoms. The number of nitrogens with zero attached hydrogens (tertiary/aromatic N) is 2. The monoisotopic (exact) mass is 306 g/mol. The molecule has 2 rings (SSSR count). The Morgan fingerprint density at radius 2 is 1.86 bits per heavy atom. The highest BCUT2D eigenvalue weighted by Crippen LogP contribution is 2.19. The van der Waals surface area contributed by atoms with Gasteiger partial charge in [-0.15, -0.1) is 0 Å². The molecule has 0 aromatic heterocycles. The van der Waals surface area contributed by atoms with E-state index in [9.17, 15) is 9.18 Å². The van der Waals surface area contributed by atoms with Crippen LogP contribution >= 0.6 is 0 Å². The zero-order valence-corrected chi connectivity index (χ0v) is 13.7. The van der Waals surface area contributed by atoms with Crippen LogP contribution in [-0.4, -0.2) is 48.4 Å². The fraction of sp³-hybridized carbons (Fsp3) is 0.611. The number of hydrogen-bond donors (Lipinski definition) is 0. The van der Waals surface area contributed by atoms with Crippen LogP contribution < -0.4 is 0 Å². The lowest BCUT2D eigenvalue weighted by atomic mass is 9.95. The first-order valence-electron chi connectivity index (χ1n) is 8.37. The summed E-state index contributed by atoms with van der Waals surface area (Å²) in [5.74, 6) is 0.441. The van der Waals surface area contributed by atoms with Gasteiger partial charge in [0.15, 0.2) is 0 Å². The highest BCUT2D eigenvalue weighted by atomic mass is 19.1. The SMILES string of the molecule is CCN(CC)CC1CCN(C(=O)Cc2ccccc2F)CC1. The van der Waals surface area contributed by atoms with Crippen molar-refractivity contribution < 1.29 is 9.18 Å². The normalized spacial score (nSPS) is 16.3. The lowest BCUT2D eigenvalue weighted by molar-refractivity contribution is -0.132. The van der Waals surface area contributed by atoms with Crippen LogP contribution in [0.15, 0.2) is 24.3 Å². The summed E-state index contributed by atoms with van der Waals surface area (Å²) in [6.07, 6.45) is 2.28. The Bertz CT molecular complexity index is 480. The Morgan fingerprint density at radius 1 is 1.23 bits per heavy atom. The van der Waals surface area contributed by atoms with Crippen molar-refractivity contribution in [1.82, 2.24) is 9.80 Å². The molecule has 1 aromatic carbocycles. The maximum atomic E-state index is 13.6. The second-order valence-electron chi connectivity index (χ2n) is 6.08. The third-order valence-corrected chi connectivity index (χ3v) is 4.68. The van der Waals surface area contributed by atoms with Crippen LogP contribution in [0.1, 0.15) is 32.3 Å². The summed E-state index contributed by atoms with van der Waals surface area (Å²) in [4.78, 5) is 16.6. The maximum Gasteiger partial charge on any atom is 0.227 e. The molecule has 4 heteroatoms. The predicted molar refractivity (Wildman–Crippen MR) is 87.2 cm³/mol. The minimum atomic E-state index is -0.285. The van der Waals surface area contributed by atoms with Crippen LogP contribution in [0.25, 0.3) is 0 Å². The van der Waals surface area contributed by atoms with Gasteiger partial charge < -0.3 is 9.80 Å².